The first-order valence-electron chi connectivity index (χ1n) is 12.7. The van der Waals surface area contributed by atoms with Crippen LogP contribution >= 0.6 is 11.3 Å². The molecule has 0 bridgehead atoms. The van der Waals surface area contributed by atoms with Crippen molar-refractivity contribution in [2.45, 2.75) is 25.9 Å². The first kappa shape index (κ1) is 23.5. The highest BCUT2D eigenvalue weighted by atomic mass is 32.1. The smallest absolute Gasteiger partial charge is 0.253 e. The fourth-order valence-electron chi connectivity index (χ4n) is 5.11. The van der Waals surface area contributed by atoms with Crippen molar-refractivity contribution in [1.82, 2.24) is 29.5 Å². The van der Waals surface area contributed by atoms with Gasteiger partial charge in [0, 0.05) is 55.4 Å². The van der Waals surface area contributed by atoms with Gasteiger partial charge in [0.1, 0.15) is 0 Å². The van der Waals surface area contributed by atoms with Crippen LogP contribution in [0.4, 0.5) is 5.82 Å². The van der Waals surface area contributed by atoms with E-state index in [1.54, 1.807) is 4.68 Å². The van der Waals surface area contributed by atoms with Crippen LogP contribution in [0.1, 0.15) is 16.9 Å². The highest BCUT2D eigenvalue weighted by molar-refractivity contribution is 7.19. The quantitative estimate of drug-likeness (QED) is 0.396. The van der Waals surface area contributed by atoms with E-state index in [-0.39, 0.29) is 0 Å². The van der Waals surface area contributed by atoms with E-state index < -0.39 is 0 Å². The Bertz CT molecular complexity index is 1360. The molecule has 3 aromatic heterocycles. The normalized spacial score (nSPS) is 19.1. The van der Waals surface area contributed by atoms with Crippen molar-refractivity contribution in [3.63, 3.8) is 0 Å². The number of aryl methyl sites for hydroxylation is 1. The summed E-state index contributed by atoms with van der Waals surface area (Å²) in [5.74, 6) is 1.61. The number of likely N-dealkylation sites (tertiary alicyclic amines) is 1. The van der Waals surface area contributed by atoms with Crippen molar-refractivity contribution in [2.75, 3.05) is 58.4 Å². The van der Waals surface area contributed by atoms with Gasteiger partial charge in [-0.05, 0) is 45.6 Å². The SMILES string of the molecule is Cc1cccc(-c2ccn(-c3nc(N4CCOCC4)c4sc(CN5CC[C@H](N(C)C)C5)cc4n3)n2)c1. The third-order valence-electron chi connectivity index (χ3n) is 7.17. The number of fused-ring (bicyclic) bond motifs is 1. The minimum Gasteiger partial charge on any atom is -0.378 e. The number of anilines is 1. The summed E-state index contributed by atoms with van der Waals surface area (Å²) in [6.07, 6.45) is 3.18. The van der Waals surface area contributed by atoms with E-state index in [9.17, 15) is 0 Å². The summed E-state index contributed by atoms with van der Waals surface area (Å²) in [6.45, 7) is 8.43. The van der Waals surface area contributed by atoms with Crippen LogP contribution in [0.5, 0.6) is 0 Å². The molecule has 0 aliphatic carbocycles. The van der Waals surface area contributed by atoms with Crippen LogP contribution in [0.15, 0.2) is 42.6 Å². The maximum absolute atomic E-state index is 5.62. The Balaban J connectivity index is 1.35. The van der Waals surface area contributed by atoms with Gasteiger partial charge < -0.3 is 14.5 Å². The van der Waals surface area contributed by atoms with E-state index in [0.717, 1.165) is 73.2 Å². The second-order valence-electron chi connectivity index (χ2n) is 10.0. The molecule has 36 heavy (non-hydrogen) atoms. The van der Waals surface area contributed by atoms with Crippen molar-refractivity contribution < 1.29 is 4.74 Å². The van der Waals surface area contributed by atoms with E-state index in [1.165, 1.54) is 16.9 Å². The van der Waals surface area contributed by atoms with Gasteiger partial charge in [0.15, 0.2) is 5.82 Å². The van der Waals surface area contributed by atoms with Crippen molar-refractivity contribution in [1.29, 1.82) is 0 Å². The number of thiophene rings is 1. The maximum atomic E-state index is 5.62. The number of benzene rings is 1. The summed E-state index contributed by atoms with van der Waals surface area (Å²) >= 11 is 1.83. The fourth-order valence-corrected chi connectivity index (χ4v) is 6.27. The summed E-state index contributed by atoms with van der Waals surface area (Å²) in [5, 5.41) is 4.84. The molecule has 2 saturated heterocycles. The first-order chi connectivity index (χ1) is 17.5. The molecular formula is C27H33N7OS. The average Bonchev–Trinajstić information content (AvgIpc) is 3.64. The van der Waals surface area contributed by atoms with Gasteiger partial charge in [-0.2, -0.15) is 10.1 Å². The Morgan fingerprint density at radius 2 is 1.94 bits per heavy atom. The second kappa shape index (κ2) is 9.89. The van der Waals surface area contributed by atoms with Gasteiger partial charge >= 0.3 is 0 Å². The van der Waals surface area contributed by atoms with Gasteiger partial charge in [-0.3, -0.25) is 4.90 Å². The maximum Gasteiger partial charge on any atom is 0.253 e. The minimum atomic E-state index is 0.612. The lowest BCUT2D eigenvalue weighted by Gasteiger charge is -2.28. The number of morpholine rings is 1. The molecule has 0 radical (unpaired) electrons. The van der Waals surface area contributed by atoms with Gasteiger partial charge in [-0.15, -0.1) is 11.3 Å². The molecule has 0 amide bonds. The summed E-state index contributed by atoms with van der Waals surface area (Å²) < 4.78 is 8.59. The highest BCUT2D eigenvalue weighted by Gasteiger charge is 2.25. The monoisotopic (exact) mass is 503 g/mol. The zero-order valence-corrected chi connectivity index (χ0v) is 22.0. The van der Waals surface area contributed by atoms with E-state index in [0.29, 0.717) is 12.0 Å². The van der Waals surface area contributed by atoms with Crippen molar-refractivity contribution in [2.24, 2.45) is 0 Å². The predicted molar refractivity (Wildman–Crippen MR) is 145 cm³/mol. The lowest BCUT2D eigenvalue weighted by Crippen LogP contribution is -2.37. The summed E-state index contributed by atoms with van der Waals surface area (Å²) in [6, 6.07) is 13.3. The number of nitrogens with zero attached hydrogens (tertiary/aromatic N) is 7. The van der Waals surface area contributed by atoms with Crippen LogP contribution in [0, 0.1) is 6.92 Å². The minimum absolute atomic E-state index is 0.612. The molecule has 1 atom stereocenters. The van der Waals surface area contributed by atoms with Gasteiger partial charge in [-0.1, -0.05) is 23.8 Å². The molecule has 0 N–H and O–H groups in total. The molecule has 8 nitrogen and oxygen atoms in total. The number of rotatable bonds is 6. The number of hydrogen-bond donors (Lipinski definition) is 0. The van der Waals surface area contributed by atoms with Crippen molar-refractivity contribution in [3.8, 4) is 17.2 Å². The van der Waals surface area contributed by atoms with Crippen LogP contribution in [-0.2, 0) is 11.3 Å². The summed E-state index contributed by atoms with van der Waals surface area (Å²) in [4.78, 5) is 18.6. The Morgan fingerprint density at radius 3 is 2.72 bits per heavy atom. The summed E-state index contributed by atoms with van der Waals surface area (Å²) in [7, 11) is 4.36. The highest BCUT2D eigenvalue weighted by Crippen LogP contribution is 2.34. The van der Waals surface area contributed by atoms with Crippen molar-refractivity contribution in [3.05, 3.63) is 53.0 Å². The van der Waals surface area contributed by atoms with Crippen molar-refractivity contribution >= 4 is 27.4 Å². The Morgan fingerprint density at radius 1 is 1.08 bits per heavy atom. The van der Waals surface area contributed by atoms with Crippen LogP contribution in [0.2, 0.25) is 0 Å². The molecule has 1 aromatic carbocycles. The zero-order chi connectivity index (χ0) is 24.6. The Kier molecular flexibility index (Phi) is 6.47. The van der Waals surface area contributed by atoms with E-state index in [4.69, 9.17) is 19.8 Å². The summed E-state index contributed by atoms with van der Waals surface area (Å²) in [5.41, 5.74) is 4.24. The fraction of sp³-hybridized carbons (Fsp3) is 0.444. The third kappa shape index (κ3) is 4.76. The third-order valence-corrected chi connectivity index (χ3v) is 8.27. The van der Waals surface area contributed by atoms with Crippen LogP contribution in [-0.4, -0.2) is 89.1 Å². The van der Waals surface area contributed by atoms with Crippen LogP contribution in [0.3, 0.4) is 0 Å². The molecule has 0 unspecified atom stereocenters. The standard InChI is InChI=1S/C27H33N7OS/c1-19-5-4-6-20(15-19)23-8-10-34(30-23)27-28-24-16-22(18-32-9-7-21(17-32)31(2)3)36-25(24)26(29-27)33-11-13-35-14-12-33/h4-6,8,10,15-16,21H,7,9,11-14,17-18H2,1-3H3/t21-/m0/s1. The molecule has 9 heteroatoms. The van der Waals surface area contributed by atoms with Gasteiger partial charge in [0.25, 0.3) is 5.95 Å². The van der Waals surface area contributed by atoms with E-state index in [1.807, 2.05) is 23.6 Å². The molecule has 4 aromatic rings. The molecule has 2 fully saturated rings. The molecule has 0 saturated carbocycles. The van der Waals surface area contributed by atoms with Crippen LogP contribution in [0.25, 0.3) is 27.4 Å². The number of hydrogen-bond acceptors (Lipinski definition) is 8. The van der Waals surface area contributed by atoms with E-state index in [2.05, 4.69) is 66.1 Å². The molecule has 2 aliphatic rings. The van der Waals surface area contributed by atoms with Crippen LogP contribution < -0.4 is 4.90 Å². The predicted octanol–water partition coefficient (Wildman–Crippen LogP) is 3.82. The molecule has 0 spiro atoms. The average molecular weight is 504 g/mol. The molecular weight excluding hydrogens is 470 g/mol. The Labute approximate surface area is 216 Å². The topological polar surface area (TPSA) is 62.6 Å². The molecule has 188 valence electrons. The number of likely N-dealkylation sites (N-methyl/N-ethyl adjacent to an activating group) is 1. The van der Waals surface area contributed by atoms with E-state index >= 15 is 0 Å². The molecule has 5 heterocycles. The number of aromatic nitrogens is 4. The van der Waals surface area contributed by atoms with Gasteiger partial charge in [0.05, 0.1) is 29.1 Å². The lowest BCUT2D eigenvalue weighted by molar-refractivity contribution is 0.122. The number of ether oxygens (including phenoxy) is 1. The molecule has 2 aliphatic heterocycles. The first-order valence-corrected chi connectivity index (χ1v) is 13.5. The van der Waals surface area contributed by atoms with Gasteiger partial charge in [-0.25, -0.2) is 9.67 Å². The second-order valence-corrected chi connectivity index (χ2v) is 11.2. The lowest BCUT2D eigenvalue weighted by atomic mass is 10.1. The Hall–Kier alpha value is -2.85. The largest absolute Gasteiger partial charge is 0.378 e. The molecule has 6 rings (SSSR count). The zero-order valence-electron chi connectivity index (χ0n) is 21.2. The van der Waals surface area contributed by atoms with Gasteiger partial charge in [0.2, 0.25) is 0 Å².